The van der Waals surface area contributed by atoms with Crippen LogP contribution in [0.15, 0.2) is 42.6 Å². The lowest BCUT2D eigenvalue weighted by atomic mass is 9.52. The van der Waals surface area contributed by atoms with Gasteiger partial charge in [-0.15, -0.1) is 0 Å². The van der Waals surface area contributed by atoms with Crippen molar-refractivity contribution < 1.29 is 51.7 Å². The van der Waals surface area contributed by atoms with E-state index in [4.69, 9.17) is 18.9 Å². The zero-order chi connectivity index (χ0) is 41.3. The molecule has 5 amide bonds. The summed E-state index contributed by atoms with van der Waals surface area (Å²) in [4.78, 5) is 64.0. The lowest BCUT2D eigenvalue weighted by molar-refractivity contribution is -0.202. The molecule has 2 aliphatic carbocycles. The molecule has 3 fully saturated rings. The lowest BCUT2D eigenvalue weighted by Crippen LogP contribution is -2.54. The molecule has 0 radical (unpaired) electrons. The highest BCUT2D eigenvalue weighted by Crippen LogP contribution is 2.66. The van der Waals surface area contributed by atoms with Gasteiger partial charge in [0, 0.05) is 73.7 Å². The van der Waals surface area contributed by atoms with Gasteiger partial charge in [0.2, 0.25) is 17.7 Å². The van der Waals surface area contributed by atoms with Crippen molar-refractivity contribution in [1.29, 1.82) is 0 Å². The number of benzene rings is 2. The first-order valence-corrected chi connectivity index (χ1v) is 20.0. The summed E-state index contributed by atoms with van der Waals surface area (Å²) >= 11 is 0. The Balaban J connectivity index is 0.664. The Hall–Kier alpha value is -5.30. The fraction of sp³-hybridized carbons (Fsp3) is 0.512. The van der Waals surface area contributed by atoms with Crippen LogP contribution in [0.1, 0.15) is 75.6 Å². The molecule has 0 bridgehead atoms. The first-order chi connectivity index (χ1) is 28.4. The topological polar surface area (TPSA) is 184 Å². The summed E-state index contributed by atoms with van der Waals surface area (Å²) in [6.45, 7) is 3.45. The minimum absolute atomic E-state index is 0.0339. The number of anilines is 1. The number of halogens is 2. The molecular formula is C41H47F2N7O9. The van der Waals surface area contributed by atoms with Gasteiger partial charge in [0.25, 0.3) is 17.7 Å². The highest BCUT2D eigenvalue weighted by atomic mass is 19.3. The number of aromatic nitrogens is 3. The van der Waals surface area contributed by atoms with E-state index in [2.05, 4.69) is 25.6 Å². The molecule has 2 aromatic heterocycles. The molecule has 3 N–H and O–H groups in total. The van der Waals surface area contributed by atoms with Crippen molar-refractivity contribution >= 4 is 57.2 Å². The van der Waals surface area contributed by atoms with Crippen molar-refractivity contribution in [3.63, 3.8) is 0 Å². The first kappa shape index (κ1) is 40.5. The molecule has 2 aromatic carbocycles. The van der Waals surface area contributed by atoms with E-state index in [9.17, 15) is 32.8 Å². The second-order valence-electron chi connectivity index (χ2n) is 15.7. The van der Waals surface area contributed by atoms with Crippen molar-refractivity contribution in [2.45, 2.75) is 56.5 Å². The molecule has 4 heterocycles. The van der Waals surface area contributed by atoms with Crippen molar-refractivity contribution in [3.8, 4) is 0 Å². The third kappa shape index (κ3) is 8.31. The number of amides is 5. The molecule has 59 heavy (non-hydrogen) atoms. The van der Waals surface area contributed by atoms with Gasteiger partial charge in [-0.1, -0.05) is 6.07 Å². The van der Waals surface area contributed by atoms with Crippen molar-refractivity contribution in [2.75, 3.05) is 71.3 Å². The number of alkyl halides is 2. The molecule has 2 saturated carbocycles. The zero-order valence-electron chi connectivity index (χ0n) is 32.7. The van der Waals surface area contributed by atoms with Gasteiger partial charge in [-0.25, -0.2) is 8.78 Å². The molecule has 314 valence electrons. The number of ether oxygens (including phenoxy) is 4. The summed E-state index contributed by atoms with van der Waals surface area (Å²) < 4.78 is 53.5. The third-order valence-electron chi connectivity index (χ3n) is 11.5. The van der Waals surface area contributed by atoms with Gasteiger partial charge in [-0.2, -0.15) is 5.10 Å². The molecule has 16 nitrogen and oxygen atoms in total. The van der Waals surface area contributed by atoms with Crippen LogP contribution in [-0.2, 0) is 35.6 Å². The Bertz CT molecular complexity index is 2270. The number of nitrogens with one attached hydrogen (secondary N) is 3. The third-order valence-corrected chi connectivity index (χ3v) is 11.5. The van der Waals surface area contributed by atoms with Gasteiger partial charge in [-0.3, -0.25) is 38.9 Å². The standard InChI is InChI=1S/C41H47F2N7O9/c1-48-22-29-28-19-25(5-6-31(28)49(35(29)47-48)26-20-40(21-26)23-41(42,43)24-40)36(52)45-10-12-57-14-16-59-18-17-58-15-13-56-11-9-44-30-4-2-3-27-34(30)39(55)50(38(27)54)32-7-8-33(51)46-37(32)53/h2-6,19,22,26,32,44H,7-18,20-21,23-24H2,1H3,(H,45,52)(H,46,51,53). The number of carbonyl (C=O) groups is 5. The number of carbonyl (C=O) groups excluding carboxylic acids is 5. The van der Waals surface area contributed by atoms with E-state index >= 15 is 0 Å². The van der Waals surface area contributed by atoms with Crippen molar-refractivity contribution in [3.05, 3.63) is 59.3 Å². The normalized spacial score (nSPS) is 19.6. The van der Waals surface area contributed by atoms with Crippen LogP contribution in [0.4, 0.5) is 14.5 Å². The Labute approximate surface area is 337 Å². The number of imide groups is 2. The predicted molar refractivity (Wildman–Crippen MR) is 208 cm³/mol. The number of rotatable bonds is 19. The van der Waals surface area contributed by atoms with Gasteiger partial charge in [-0.05, 0) is 55.0 Å². The van der Waals surface area contributed by atoms with E-state index in [1.54, 1.807) is 28.9 Å². The van der Waals surface area contributed by atoms with Gasteiger partial charge >= 0.3 is 0 Å². The Morgan fingerprint density at radius 3 is 2.24 bits per heavy atom. The van der Waals surface area contributed by atoms with Gasteiger partial charge < -0.3 is 34.1 Å². The summed E-state index contributed by atoms with van der Waals surface area (Å²) in [5.74, 6) is -4.98. The predicted octanol–water partition coefficient (Wildman–Crippen LogP) is 3.59. The van der Waals surface area contributed by atoms with Crippen LogP contribution in [0.5, 0.6) is 0 Å². The SMILES string of the molecule is Cn1cc2c3cc(C(=O)NCCOCCOCCOCCOCCNc4cccc5c4C(=O)N(C4CCC(=O)NC4=O)C5=O)ccc3n(C3CC4(C3)CC(F)(F)C4)c2n1. The van der Waals surface area contributed by atoms with E-state index in [1.807, 2.05) is 25.4 Å². The van der Waals surface area contributed by atoms with E-state index < -0.39 is 35.6 Å². The van der Waals surface area contributed by atoms with E-state index in [0.717, 1.165) is 26.8 Å². The lowest BCUT2D eigenvalue weighted by Gasteiger charge is -2.57. The number of aryl methyl sites for hydroxylation is 1. The summed E-state index contributed by atoms with van der Waals surface area (Å²) in [7, 11) is 1.85. The average molecular weight is 820 g/mol. The van der Waals surface area contributed by atoms with E-state index in [1.165, 1.54) is 0 Å². The molecule has 1 atom stereocenters. The minimum Gasteiger partial charge on any atom is -0.382 e. The molecule has 4 aromatic rings. The maximum absolute atomic E-state index is 13.6. The van der Waals surface area contributed by atoms with Crippen LogP contribution in [0, 0.1) is 5.41 Å². The highest BCUT2D eigenvalue weighted by molar-refractivity contribution is 6.25. The largest absolute Gasteiger partial charge is 0.382 e. The summed E-state index contributed by atoms with van der Waals surface area (Å²) in [6.07, 6.45) is 3.43. The minimum atomic E-state index is -2.54. The maximum Gasteiger partial charge on any atom is 0.264 e. The number of fused-ring (bicyclic) bond motifs is 4. The zero-order valence-corrected chi connectivity index (χ0v) is 32.7. The second-order valence-corrected chi connectivity index (χ2v) is 15.7. The summed E-state index contributed by atoms with van der Waals surface area (Å²) in [6, 6.07) is 9.53. The number of hydrogen-bond donors (Lipinski definition) is 3. The van der Waals surface area contributed by atoms with Gasteiger partial charge in [0.15, 0.2) is 5.65 Å². The fourth-order valence-electron chi connectivity index (χ4n) is 8.91. The smallest absolute Gasteiger partial charge is 0.264 e. The van der Waals surface area contributed by atoms with Crippen LogP contribution >= 0.6 is 0 Å². The Morgan fingerprint density at radius 1 is 0.881 bits per heavy atom. The molecule has 1 unspecified atom stereocenters. The number of hydrogen-bond acceptors (Lipinski definition) is 11. The van der Waals surface area contributed by atoms with Crippen LogP contribution in [0.3, 0.4) is 0 Å². The highest BCUT2D eigenvalue weighted by Gasteiger charge is 2.62. The van der Waals surface area contributed by atoms with Crippen molar-refractivity contribution in [1.82, 2.24) is 29.9 Å². The van der Waals surface area contributed by atoms with Crippen LogP contribution < -0.4 is 16.0 Å². The number of piperidine rings is 1. The van der Waals surface area contributed by atoms with E-state index in [0.29, 0.717) is 90.0 Å². The molecule has 18 heteroatoms. The molecular weight excluding hydrogens is 772 g/mol. The monoisotopic (exact) mass is 819 g/mol. The van der Waals surface area contributed by atoms with Crippen LogP contribution in [0.2, 0.25) is 0 Å². The first-order valence-electron chi connectivity index (χ1n) is 20.0. The molecule has 2 aliphatic heterocycles. The molecule has 8 rings (SSSR count). The average Bonchev–Trinajstić information content (AvgIpc) is 3.78. The Morgan fingerprint density at radius 2 is 1.56 bits per heavy atom. The quantitative estimate of drug-likeness (QED) is 0.0929. The fourth-order valence-corrected chi connectivity index (χ4v) is 8.91. The van der Waals surface area contributed by atoms with Gasteiger partial charge in [0.05, 0.1) is 69.5 Å². The van der Waals surface area contributed by atoms with Crippen molar-refractivity contribution in [2.24, 2.45) is 12.5 Å². The summed E-state index contributed by atoms with van der Waals surface area (Å²) in [5, 5.41) is 14.7. The number of nitrogens with zero attached hydrogens (tertiary/aromatic N) is 4. The molecule has 4 aliphatic rings. The maximum atomic E-state index is 13.6. The Kier molecular flexibility index (Phi) is 11.5. The van der Waals surface area contributed by atoms with Gasteiger partial charge in [0.1, 0.15) is 6.04 Å². The second kappa shape index (κ2) is 16.8. The van der Waals surface area contributed by atoms with Crippen LogP contribution in [0.25, 0.3) is 21.9 Å². The summed E-state index contributed by atoms with van der Waals surface area (Å²) in [5.41, 5.74) is 2.88. The van der Waals surface area contributed by atoms with Crippen LogP contribution in [-0.4, -0.2) is 127 Å². The van der Waals surface area contributed by atoms with E-state index in [-0.39, 0.29) is 54.2 Å². The molecule has 1 spiro atoms. The molecule has 1 saturated heterocycles.